The van der Waals surface area contributed by atoms with Crippen molar-refractivity contribution in [2.45, 2.75) is 38.3 Å². The molecule has 25 heavy (non-hydrogen) atoms. The molecular weight excluding hydrogens is 316 g/mol. The van der Waals surface area contributed by atoms with Crippen LogP contribution in [0.1, 0.15) is 31.4 Å². The highest BCUT2D eigenvalue weighted by molar-refractivity contribution is 6.07. The van der Waals surface area contributed by atoms with E-state index in [9.17, 15) is 14.7 Å². The summed E-state index contributed by atoms with van der Waals surface area (Å²) in [6.45, 7) is 3.63. The van der Waals surface area contributed by atoms with Crippen molar-refractivity contribution in [1.29, 1.82) is 0 Å². The number of nitrogens with zero attached hydrogens (tertiary/aromatic N) is 1. The van der Waals surface area contributed by atoms with Crippen molar-refractivity contribution in [3.8, 4) is 5.75 Å². The van der Waals surface area contributed by atoms with E-state index in [0.717, 1.165) is 17.5 Å². The van der Waals surface area contributed by atoms with Gasteiger partial charge < -0.3 is 10.4 Å². The van der Waals surface area contributed by atoms with Gasteiger partial charge in [-0.2, -0.15) is 0 Å². The fourth-order valence-corrected chi connectivity index (χ4v) is 3.20. The molecule has 0 radical (unpaired) electrons. The molecule has 2 N–H and O–H groups in total. The topological polar surface area (TPSA) is 69.6 Å². The molecule has 1 aliphatic rings. The van der Waals surface area contributed by atoms with E-state index in [2.05, 4.69) is 5.32 Å². The maximum absolute atomic E-state index is 12.9. The second kappa shape index (κ2) is 6.59. The van der Waals surface area contributed by atoms with Crippen LogP contribution in [0.15, 0.2) is 54.6 Å². The van der Waals surface area contributed by atoms with Gasteiger partial charge in [-0.25, -0.2) is 4.79 Å². The zero-order valence-corrected chi connectivity index (χ0v) is 14.4. The lowest BCUT2D eigenvalue weighted by Crippen LogP contribution is -2.42. The Bertz CT molecular complexity index is 773. The number of amides is 3. The average molecular weight is 338 g/mol. The van der Waals surface area contributed by atoms with E-state index in [1.165, 1.54) is 4.90 Å². The van der Waals surface area contributed by atoms with Crippen LogP contribution in [0, 0.1) is 0 Å². The monoisotopic (exact) mass is 338 g/mol. The zero-order valence-electron chi connectivity index (χ0n) is 14.4. The normalized spacial score (nSPS) is 21.3. The molecule has 0 saturated carbocycles. The maximum Gasteiger partial charge on any atom is 0.325 e. The van der Waals surface area contributed by atoms with Crippen LogP contribution in [0.25, 0.3) is 0 Å². The Morgan fingerprint density at radius 3 is 2.36 bits per heavy atom. The summed E-state index contributed by atoms with van der Waals surface area (Å²) in [7, 11) is 0. The third-order valence-corrected chi connectivity index (χ3v) is 4.80. The first kappa shape index (κ1) is 17.0. The highest BCUT2D eigenvalue weighted by Gasteiger charge is 2.50. The average Bonchev–Trinajstić information content (AvgIpc) is 2.85. The van der Waals surface area contributed by atoms with E-state index >= 15 is 0 Å². The van der Waals surface area contributed by atoms with Gasteiger partial charge in [-0.3, -0.25) is 9.69 Å². The number of imide groups is 1. The predicted molar refractivity (Wildman–Crippen MR) is 95.1 cm³/mol. The van der Waals surface area contributed by atoms with Gasteiger partial charge >= 0.3 is 6.03 Å². The number of hydrogen-bond donors (Lipinski definition) is 2. The van der Waals surface area contributed by atoms with Gasteiger partial charge in [0.25, 0.3) is 5.91 Å². The molecule has 3 amide bonds. The molecule has 2 atom stereocenters. The van der Waals surface area contributed by atoms with Crippen molar-refractivity contribution in [2.75, 3.05) is 0 Å². The Labute approximate surface area is 147 Å². The smallest absolute Gasteiger partial charge is 0.325 e. The lowest BCUT2D eigenvalue weighted by molar-refractivity contribution is -0.132. The quantitative estimate of drug-likeness (QED) is 0.823. The number of benzene rings is 2. The summed E-state index contributed by atoms with van der Waals surface area (Å²) in [6, 6.07) is 15.7. The zero-order chi connectivity index (χ0) is 18.0. The number of urea groups is 1. The molecule has 0 aromatic heterocycles. The SMILES string of the molecule is CC(CCc1ccc(O)cc1)N1C(=O)NC(C)(c2ccccc2)C1=O. The summed E-state index contributed by atoms with van der Waals surface area (Å²) in [5.74, 6) is 0.00595. The third-order valence-electron chi connectivity index (χ3n) is 4.80. The standard InChI is InChI=1S/C20H22N2O3/c1-14(8-9-15-10-12-17(23)13-11-15)22-18(24)20(2,21-19(22)25)16-6-4-3-5-7-16/h3-7,10-14,23H,8-9H2,1-2H3,(H,21,25). The summed E-state index contributed by atoms with van der Waals surface area (Å²) in [5, 5.41) is 12.2. The van der Waals surface area contributed by atoms with Crippen molar-refractivity contribution < 1.29 is 14.7 Å². The summed E-state index contributed by atoms with van der Waals surface area (Å²) >= 11 is 0. The molecule has 1 aliphatic heterocycles. The van der Waals surface area contributed by atoms with Gasteiger partial charge in [0.15, 0.2) is 0 Å². The van der Waals surface area contributed by atoms with Crippen molar-refractivity contribution in [2.24, 2.45) is 0 Å². The molecule has 1 saturated heterocycles. The van der Waals surface area contributed by atoms with Gasteiger partial charge in [0.05, 0.1) is 0 Å². The van der Waals surface area contributed by atoms with Crippen LogP contribution in [0.2, 0.25) is 0 Å². The molecule has 2 unspecified atom stereocenters. The Morgan fingerprint density at radius 1 is 1.08 bits per heavy atom. The molecule has 5 nitrogen and oxygen atoms in total. The number of phenolic OH excluding ortho intramolecular Hbond substituents is 1. The highest BCUT2D eigenvalue weighted by Crippen LogP contribution is 2.30. The summed E-state index contributed by atoms with van der Waals surface area (Å²) in [4.78, 5) is 26.7. The number of aryl methyl sites for hydroxylation is 1. The molecule has 1 heterocycles. The van der Waals surface area contributed by atoms with Gasteiger partial charge in [0.2, 0.25) is 0 Å². The first-order chi connectivity index (χ1) is 11.9. The Kier molecular flexibility index (Phi) is 4.49. The fraction of sp³-hybridized carbons (Fsp3) is 0.300. The fourth-order valence-electron chi connectivity index (χ4n) is 3.20. The van der Waals surface area contributed by atoms with E-state index in [4.69, 9.17) is 0 Å². The van der Waals surface area contributed by atoms with E-state index in [1.54, 1.807) is 19.1 Å². The van der Waals surface area contributed by atoms with Gasteiger partial charge in [0, 0.05) is 6.04 Å². The van der Waals surface area contributed by atoms with Gasteiger partial charge in [-0.15, -0.1) is 0 Å². The second-order valence-electron chi connectivity index (χ2n) is 6.65. The predicted octanol–water partition coefficient (Wildman–Crippen LogP) is 3.18. The molecule has 5 heteroatoms. The van der Waals surface area contributed by atoms with Gasteiger partial charge in [-0.1, -0.05) is 42.5 Å². The van der Waals surface area contributed by atoms with Crippen molar-refractivity contribution in [3.63, 3.8) is 0 Å². The first-order valence-electron chi connectivity index (χ1n) is 8.41. The van der Waals surface area contributed by atoms with Crippen LogP contribution in [0.5, 0.6) is 5.75 Å². The van der Waals surface area contributed by atoms with Gasteiger partial charge in [-0.05, 0) is 49.9 Å². The second-order valence-corrected chi connectivity index (χ2v) is 6.65. The number of nitrogens with one attached hydrogen (secondary N) is 1. The Morgan fingerprint density at radius 2 is 1.72 bits per heavy atom. The van der Waals surface area contributed by atoms with Crippen LogP contribution in [-0.2, 0) is 16.8 Å². The van der Waals surface area contributed by atoms with Crippen LogP contribution < -0.4 is 5.32 Å². The lowest BCUT2D eigenvalue weighted by Gasteiger charge is -2.25. The molecule has 130 valence electrons. The number of hydrogen-bond acceptors (Lipinski definition) is 3. The molecule has 0 spiro atoms. The van der Waals surface area contributed by atoms with E-state index in [-0.39, 0.29) is 23.7 Å². The van der Waals surface area contributed by atoms with Crippen LogP contribution in [-0.4, -0.2) is 28.0 Å². The van der Waals surface area contributed by atoms with E-state index in [0.29, 0.717) is 6.42 Å². The highest BCUT2D eigenvalue weighted by atomic mass is 16.3. The molecular formula is C20H22N2O3. The largest absolute Gasteiger partial charge is 0.508 e. The van der Waals surface area contributed by atoms with Crippen molar-refractivity contribution in [1.82, 2.24) is 10.2 Å². The molecule has 2 aromatic rings. The molecule has 0 aliphatic carbocycles. The minimum atomic E-state index is -1.02. The van der Waals surface area contributed by atoms with E-state index < -0.39 is 5.54 Å². The Balaban J connectivity index is 1.72. The number of phenols is 1. The van der Waals surface area contributed by atoms with Crippen molar-refractivity contribution >= 4 is 11.9 Å². The minimum Gasteiger partial charge on any atom is -0.508 e. The molecule has 0 bridgehead atoms. The minimum absolute atomic E-state index is 0.216. The van der Waals surface area contributed by atoms with Crippen molar-refractivity contribution in [3.05, 3.63) is 65.7 Å². The van der Waals surface area contributed by atoms with Crippen LogP contribution >= 0.6 is 0 Å². The van der Waals surface area contributed by atoms with Crippen LogP contribution in [0.3, 0.4) is 0 Å². The number of carbonyl (C=O) groups is 2. The third kappa shape index (κ3) is 3.22. The Hall–Kier alpha value is -2.82. The first-order valence-corrected chi connectivity index (χ1v) is 8.41. The molecule has 1 fully saturated rings. The van der Waals surface area contributed by atoms with Crippen LogP contribution in [0.4, 0.5) is 4.79 Å². The number of carbonyl (C=O) groups excluding carboxylic acids is 2. The number of rotatable bonds is 5. The molecule has 3 rings (SSSR count). The van der Waals surface area contributed by atoms with E-state index in [1.807, 2.05) is 49.4 Å². The summed E-state index contributed by atoms with van der Waals surface area (Å²) in [6.07, 6.45) is 1.38. The number of aromatic hydroxyl groups is 1. The molecule has 2 aromatic carbocycles. The lowest BCUT2D eigenvalue weighted by atomic mass is 9.91. The maximum atomic E-state index is 12.9. The summed E-state index contributed by atoms with van der Waals surface area (Å²) < 4.78 is 0. The van der Waals surface area contributed by atoms with Gasteiger partial charge in [0.1, 0.15) is 11.3 Å². The summed E-state index contributed by atoms with van der Waals surface area (Å²) in [5.41, 5.74) is 0.814.